The summed E-state index contributed by atoms with van der Waals surface area (Å²) < 4.78 is 46.4. The number of nitrogens with zero attached hydrogens (tertiary/aromatic N) is 3. The first-order valence-electron chi connectivity index (χ1n) is 9.65. The van der Waals surface area contributed by atoms with Gasteiger partial charge in [0.05, 0.1) is 29.5 Å². The summed E-state index contributed by atoms with van der Waals surface area (Å²) in [7, 11) is 0. The van der Waals surface area contributed by atoms with E-state index in [1.807, 2.05) is 16.9 Å². The largest absolute Gasteiger partial charge is 0.507 e. The predicted molar refractivity (Wildman–Crippen MR) is 101 cm³/mol. The smallest absolute Gasteiger partial charge is 0.416 e. The van der Waals surface area contributed by atoms with Crippen molar-refractivity contribution in [1.82, 2.24) is 14.8 Å². The van der Waals surface area contributed by atoms with Gasteiger partial charge in [0.2, 0.25) is 0 Å². The van der Waals surface area contributed by atoms with E-state index in [0.717, 1.165) is 49.8 Å². The van der Waals surface area contributed by atoms with Crippen LogP contribution in [0.4, 0.5) is 13.2 Å². The van der Waals surface area contributed by atoms with Crippen LogP contribution in [0.1, 0.15) is 42.9 Å². The van der Waals surface area contributed by atoms with Gasteiger partial charge in [0.25, 0.3) is 0 Å². The van der Waals surface area contributed by atoms with Crippen LogP contribution in [0.3, 0.4) is 0 Å². The molecule has 152 valence electrons. The van der Waals surface area contributed by atoms with E-state index in [1.54, 1.807) is 6.07 Å². The molecule has 1 saturated carbocycles. The first-order valence-corrected chi connectivity index (χ1v) is 9.65. The Morgan fingerprint density at radius 1 is 1.21 bits per heavy atom. The van der Waals surface area contributed by atoms with E-state index in [1.165, 1.54) is 6.92 Å². The maximum Gasteiger partial charge on any atom is 0.416 e. The fourth-order valence-electron chi connectivity index (χ4n) is 4.30. The summed E-state index contributed by atoms with van der Waals surface area (Å²) in [5.41, 5.74) is 0.762. The number of ether oxygens (including phenoxy) is 1. The number of epoxide rings is 1. The van der Waals surface area contributed by atoms with Crippen molar-refractivity contribution in [3.8, 4) is 17.0 Å². The Morgan fingerprint density at radius 2 is 1.93 bits per heavy atom. The van der Waals surface area contributed by atoms with Gasteiger partial charge in [-0.25, -0.2) is 4.98 Å². The van der Waals surface area contributed by atoms with Gasteiger partial charge in [0, 0.05) is 17.1 Å². The lowest BCUT2D eigenvalue weighted by molar-refractivity contribution is -0.137. The average molecular weight is 403 g/mol. The van der Waals surface area contributed by atoms with E-state index in [2.05, 4.69) is 10.1 Å². The van der Waals surface area contributed by atoms with Gasteiger partial charge in [0.15, 0.2) is 5.65 Å². The number of halogens is 3. The second-order valence-electron chi connectivity index (χ2n) is 8.11. The van der Waals surface area contributed by atoms with Crippen LogP contribution in [0.5, 0.6) is 5.75 Å². The number of pyridine rings is 1. The molecule has 5 rings (SSSR count). The molecule has 2 aromatic heterocycles. The topological polar surface area (TPSA) is 63.5 Å². The van der Waals surface area contributed by atoms with Crippen molar-refractivity contribution in [3.05, 3.63) is 41.6 Å². The van der Waals surface area contributed by atoms with Crippen LogP contribution in [0.2, 0.25) is 0 Å². The third kappa shape index (κ3) is 3.25. The van der Waals surface area contributed by atoms with Gasteiger partial charge in [-0.3, -0.25) is 4.68 Å². The summed E-state index contributed by atoms with van der Waals surface area (Å²) in [6.45, 7) is 2.40. The molecule has 0 atom stereocenters. The second-order valence-corrected chi connectivity index (χ2v) is 8.11. The highest BCUT2D eigenvalue weighted by Crippen LogP contribution is 2.45. The fraction of sp³-hybridized carbons (Fsp3) is 0.429. The van der Waals surface area contributed by atoms with Gasteiger partial charge in [-0.15, -0.1) is 0 Å². The van der Waals surface area contributed by atoms with Gasteiger partial charge in [-0.1, -0.05) is 0 Å². The molecule has 2 aliphatic rings. The summed E-state index contributed by atoms with van der Waals surface area (Å²) in [5, 5.41) is 15.7. The van der Waals surface area contributed by atoms with E-state index < -0.39 is 17.5 Å². The molecular weight excluding hydrogens is 383 g/mol. The summed E-state index contributed by atoms with van der Waals surface area (Å²) in [4.78, 5) is 4.52. The summed E-state index contributed by atoms with van der Waals surface area (Å²) in [5.74, 6) is -0.439. The molecule has 0 unspecified atom stereocenters. The van der Waals surface area contributed by atoms with E-state index >= 15 is 0 Å². The number of alkyl halides is 3. The number of hydrogen-bond donors (Lipinski definition) is 1. The minimum Gasteiger partial charge on any atom is -0.507 e. The number of aromatic hydroxyl groups is 1. The third-order valence-corrected chi connectivity index (χ3v) is 6.08. The number of aromatic nitrogens is 3. The monoisotopic (exact) mass is 403 g/mol. The summed E-state index contributed by atoms with van der Waals surface area (Å²) >= 11 is 0. The molecule has 8 heteroatoms. The highest BCUT2D eigenvalue weighted by molar-refractivity contribution is 5.80. The van der Waals surface area contributed by atoms with Gasteiger partial charge >= 0.3 is 6.18 Å². The Morgan fingerprint density at radius 3 is 2.55 bits per heavy atom. The summed E-state index contributed by atoms with van der Waals surface area (Å²) in [6.07, 6.45) is 1.51. The van der Waals surface area contributed by atoms with Crippen molar-refractivity contribution in [2.24, 2.45) is 0 Å². The molecule has 5 nitrogen and oxygen atoms in total. The highest BCUT2D eigenvalue weighted by atomic mass is 19.4. The first-order chi connectivity index (χ1) is 13.7. The van der Waals surface area contributed by atoms with Crippen LogP contribution in [0, 0.1) is 6.92 Å². The van der Waals surface area contributed by atoms with Crippen molar-refractivity contribution in [3.63, 3.8) is 0 Å². The molecule has 3 heterocycles. The molecule has 1 N–H and O–H groups in total. The molecular formula is C21H20F3N3O2. The molecule has 1 saturated heterocycles. The number of hydrogen-bond acceptors (Lipinski definition) is 4. The Hall–Kier alpha value is -2.61. The van der Waals surface area contributed by atoms with Gasteiger partial charge in [-0.2, -0.15) is 18.3 Å². The van der Waals surface area contributed by atoms with Gasteiger partial charge in [-0.05, 0) is 62.4 Å². The zero-order valence-electron chi connectivity index (χ0n) is 15.8. The van der Waals surface area contributed by atoms with Crippen LogP contribution in [-0.2, 0) is 10.9 Å². The fourth-order valence-corrected chi connectivity index (χ4v) is 4.30. The second kappa shape index (κ2) is 6.19. The quantitative estimate of drug-likeness (QED) is 0.611. The van der Waals surface area contributed by atoms with Crippen LogP contribution in [-0.4, -0.2) is 32.1 Å². The number of aryl methyl sites for hydroxylation is 1. The van der Waals surface area contributed by atoms with Crippen molar-refractivity contribution in [2.45, 2.75) is 50.4 Å². The molecule has 1 spiro atoms. The molecule has 1 aliphatic carbocycles. The zero-order chi connectivity index (χ0) is 20.4. The van der Waals surface area contributed by atoms with Crippen LogP contribution >= 0.6 is 0 Å². The zero-order valence-corrected chi connectivity index (χ0v) is 15.8. The van der Waals surface area contributed by atoms with Crippen LogP contribution in [0.15, 0.2) is 30.5 Å². The number of fused-ring (bicyclic) bond motifs is 1. The molecule has 3 aromatic rings. The summed E-state index contributed by atoms with van der Waals surface area (Å²) in [6, 6.07) is 5.61. The molecule has 2 fully saturated rings. The number of rotatable bonds is 2. The van der Waals surface area contributed by atoms with Crippen molar-refractivity contribution < 1.29 is 23.0 Å². The van der Waals surface area contributed by atoms with Crippen molar-refractivity contribution in [1.29, 1.82) is 0 Å². The molecule has 0 bridgehead atoms. The van der Waals surface area contributed by atoms with E-state index in [4.69, 9.17) is 4.74 Å². The Bertz CT molecular complexity index is 1070. The molecule has 1 aliphatic heterocycles. The van der Waals surface area contributed by atoms with Crippen LogP contribution < -0.4 is 0 Å². The number of phenolic OH excluding ortho intramolecular Hbond substituents is 1. The van der Waals surface area contributed by atoms with E-state index in [-0.39, 0.29) is 5.60 Å². The number of benzene rings is 1. The predicted octanol–water partition coefficient (Wildman–Crippen LogP) is 5.02. The maximum atomic E-state index is 13.0. The minimum absolute atomic E-state index is 0.117. The van der Waals surface area contributed by atoms with Crippen molar-refractivity contribution >= 4 is 11.0 Å². The lowest BCUT2D eigenvalue weighted by Crippen LogP contribution is -2.23. The lowest BCUT2D eigenvalue weighted by Gasteiger charge is -2.26. The Balaban J connectivity index is 1.47. The van der Waals surface area contributed by atoms with E-state index in [0.29, 0.717) is 28.5 Å². The van der Waals surface area contributed by atoms with Gasteiger partial charge < -0.3 is 9.84 Å². The van der Waals surface area contributed by atoms with E-state index in [9.17, 15) is 18.3 Å². The highest BCUT2D eigenvalue weighted by Gasteiger charge is 2.47. The van der Waals surface area contributed by atoms with Crippen molar-refractivity contribution in [2.75, 3.05) is 6.61 Å². The first kappa shape index (κ1) is 18.4. The molecule has 29 heavy (non-hydrogen) atoms. The molecule has 1 aromatic carbocycles. The number of phenols is 1. The van der Waals surface area contributed by atoms with Crippen LogP contribution in [0.25, 0.3) is 22.3 Å². The normalized spacial score (nSPS) is 24.3. The average Bonchev–Trinajstić information content (AvgIpc) is 3.27. The Labute approximate surface area is 165 Å². The maximum absolute atomic E-state index is 13.0. The third-order valence-electron chi connectivity index (χ3n) is 6.08. The van der Waals surface area contributed by atoms with Gasteiger partial charge in [0.1, 0.15) is 5.75 Å². The SMILES string of the molecule is Cc1cc(C(F)(F)F)cc(O)c1-c1ccc2cn(C3CCC4(CC3)CO4)nc2n1. The minimum atomic E-state index is -4.51. The molecule has 0 amide bonds. The lowest BCUT2D eigenvalue weighted by atomic mass is 9.86. The Kier molecular flexibility index (Phi) is 3.93. The standard InChI is InChI=1S/C21H20F3N3O2/c1-12-8-14(21(22,23)24)9-17(28)18(12)16-3-2-13-10-27(26-19(13)25-16)15-4-6-20(7-5-15)11-29-20/h2-3,8-10,15,28H,4-7,11H2,1H3. The molecule has 0 radical (unpaired) electrons.